The zero-order valence-electron chi connectivity index (χ0n) is 12.0. The molecule has 1 fully saturated rings. The molecule has 1 saturated carbocycles. The Morgan fingerprint density at radius 1 is 1.44 bits per heavy atom. The van der Waals surface area contributed by atoms with Crippen LogP contribution in [0.15, 0.2) is 0 Å². The van der Waals surface area contributed by atoms with E-state index >= 15 is 0 Å². The van der Waals surface area contributed by atoms with Gasteiger partial charge in [0.1, 0.15) is 0 Å². The highest BCUT2D eigenvalue weighted by molar-refractivity contribution is 7.91. The van der Waals surface area contributed by atoms with E-state index in [9.17, 15) is 8.42 Å². The average Bonchev–Trinajstić information content (AvgIpc) is 2.35. The number of rotatable bonds is 6. The van der Waals surface area contributed by atoms with E-state index in [1.165, 1.54) is 12.8 Å². The van der Waals surface area contributed by atoms with Crippen LogP contribution in [-0.2, 0) is 9.84 Å². The first-order valence-electron chi connectivity index (χ1n) is 6.97. The first-order valence-corrected chi connectivity index (χ1v) is 8.79. The summed E-state index contributed by atoms with van der Waals surface area (Å²) in [7, 11) is -0.860. The van der Waals surface area contributed by atoms with Crippen LogP contribution in [-0.4, -0.2) is 50.5 Å². The SMILES string of the molecule is CCS(=O)(=O)CCN(C)C1(CN)CCCC(C)C1. The van der Waals surface area contributed by atoms with Crippen molar-refractivity contribution in [1.29, 1.82) is 0 Å². The summed E-state index contributed by atoms with van der Waals surface area (Å²) in [6.45, 7) is 5.19. The van der Waals surface area contributed by atoms with Gasteiger partial charge in [0.15, 0.2) is 9.84 Å². The van der Waals surface area contributed by atoms with Gasteiger partial charge in [-0.1, -0.05) is 26.7 Å². The molecule has 1 aliphatic rings. The van der Waals surface area contributed by atoms with Crippen molar-refractivity contribution in [3.05, 3.63) is 0 Å². The summed E-state index contributed by atoms with van der Waals surface area (Å²) in [6.07, 6.45) is 4.65. The quantitative estimate of drug-likeness (QED) is 0.793. The molecule has 0 aromatic heterocycles. The third-order valence-electron chi connectivity index (χ3n) is 4.43. The molecule has 18 heavy (non-hydrogen) atoms. The summed E-state index contributed by atoms with van der Waals surface area (Å²) >= 11 is 0. The van der Waals surface area contributed by atoms with Gasteiger partial charge in [-0.2, -0.15) is 0 Å². The Morgan fingerprint density at radius 3 is 2.61 bits per heavy atom. The maximum absolute atomic E-state index is 11.6. The molecule has 2 atom stereocenters. The molecule has 0 bridgehead atoms. The van der Waals surface area contributed by atoms with Crippen LogP contribution in [0.1, 0.15) is 39.5 Å². The van der Waals surface area contributed by atoms with Crippen LogP contribution in [0.2, 0.25) is 0 Å². The van der Waals surface area contributed by atoms with Crippen molar-refractivity contribution >= 4 is 9.84 Å². The number of hydrogen-bond donors (Lipinski definition) is 1. The van der Waals surface area contributed by atoms with Gasteiger partial charge in [-0.25, -0.2) is 8.42 Å². The number of nitrogens with two attached hydrogens (primary N) is 1. The molecule has 5 heteroatoms. The minimum Gasteiger partial charge on any atom is -0.329 e. The minimum atomic E-state index is -2.88. The minimum absolute atomic E-state index is 0.0148. The molecule has 0 spiro atoms. The van der Waals surface area contributed by atoms with Gasteiger partial charge in [-0.15, -0.1) is 0 Å². The number of hydrogen-bond acceptors (Lipinski definition) is 4. The molecule has 0 saturated heterocycles. The Kier molecular flexibility index (Phi) is 5.62. The summed E-state index contributed by atoms with van der Waals surface area (Å²) in [4.78, 5) is 2.19. The zero-order valence-corrected chi connectivity index (χ0v) is 12.8. The lowest BCUT2D eigenvalue weighted by molar-refractivity contribution is 0.0669. The van der Waals surface area contributed by atoms with Crippen LogP contribution in [0.5, 0.6) is 0 Å². The van der Waals surface area contributed by atoms with Crippen LogP contribution in [0, 0.1) is 5.92 Å². The van der Waals surface area contributed by atoms with E-state index in [4.69, 9.17) is 5.73 Å². The average molecular weight is 276 g/mol. The summed E-state index contributed by atoms with van der Waals surface area (Å²) in [5.41, 5.74) is 6.00. The van der Waals surface area contributed by atoms with Gasteiger partial charge in [-0.3, -0.25) is 4.90 Å². The standard InChI is InChI=1S/C13H28N2O2S/c1-4-18(16,17)9-8-15(3)13(11-14)7-5-6-12(2)10-13/h12H,4-11,14H2,1-3H3. The van der Waals surface area contributed by atoms with Gasteiger partial charge in [0, 0.05) is 24.4 Å². The topological polar surface area (TPSA) is 63.4 Å². The van der Waals surface area contributed by atoms with Crippen molar-refractivity contribution in [2.24, 2.45) is 11.7 Å². The highest BCUT2D eigenvalue weighted by atomic mass is 32.2. The molecule has 1 aliphatic carbocycles. The Bertz CT molecular complexity index is 356. The van der Waals surface area contributed by atoms with Crippen LogP contribution in [0.4, 0.5) is 0 Å². The Balaban J connectivity index is 2.64. The summed E-state index contributed by atoms with van der Waals surface area (Å²) in [5.74, 6) is 1.16. The largest absolute Gasteiger partial charge is 0.329 e. The molecule has 0 amide bonds. The van der Waals surface area contributed by atoms with Crippen LogP contribution >= 0.6 is 0 Å². The summed E-state index contributed by atoms with van der Waals surface area (Å²) in [6, 6.07) is 0. The van der Waals surface area contributed by atoms with E-state index in [1.54, 1.807) is 6.92 Å². The van der Waals surface area contributed by atoms with E-state index in [1.807, 2.05) is 7.05 Å². The number of nitrogens with zero attached hydrogens (tertiary/aromatic N) is 1. The molecule has 108 valence electrons. The smallest absolute Gasteiger partial charge is 0.151 e. The summed E-state index contributed by atoms with van der Waals surface area (Å²) < 4.78 is 23.2. The third kappa shape index (κ3) is 3.93. The van der Waals surface area contributed by atoms with E-state index in [2.05, 4.69) is 11.8 Å². The van der Waals surface area contributed by atoms with Crippen LogP contribution in [0.25, 0.3) is 0 Å². The van der Waals surface area contributed by atoms with E-state index < -0.39 is 9.84 Å². The van der Waals surface area contributed by atoms with Gasteiger partial charge >= 0.3 is 0 Å². The first-order chi connectivity index (χ1) is 8.35. The highest BCUT2D eigenvalue weighted by Gasteiger charge is 2.37. The molecule has 0 aromatic carbocycles. The molecule has 0 radical (unpaired) electrons. The second-order valence-electron chi connectivity index (χ2n) is 5.79. The molecule has 4 nitrogen and oxygen atoms in total. The lowest BCUT2D eigenvalue weighted by atomic mass is 9.75. The molecular formula is C13H28N2O2S. The normalized spacial score (nSPS) is 29.7. The van der Waals surface area contributed by atoms with Crippen molar-refractivity contribution < 1.29 is 8.42 Å². The van der Waals surface area contributed by atoms with E-state index in [0.717, 1.165) is 12.8 Å². The third-order valence-corrected chi connectivity index (χ3v) is 6.12. The monoisotopic (exact) mass is 276 g/mol. The van der Waals surface area contributed by atoms with Gasteiger partial charge in [0.25, 0.3) is 0 Å². The predicted molar refractivity (Wildman–Crippen MR) is 76.4 cm³/mol. The fourth-order valence-electron chi connectivity index (χ4n) is 2.98. The number of sulfone groups is 1. The van der Waals surface area contributed by atoms with Gasteiger partial charge in [0.2, 0.25) is 0 Å². The maximum atomic E-state index is 11.6. The maximum Gasteiger partial charge on any atom is 0.151 e. The summed E-state index contributed by atoms with van der Waals surface area (Å²) in [5, 5.41) is 0. The Hall–Kier alpha value is -0.130. The molecular weight excluding hydrogens is 248 g/mol. The molecule has 0 heterocycles. The molecule has 2 unspecified atom stereocenters. The lowest BCUT2D eigenvalue weighted by Gasteiger charge is -2.46. The molecule has 0 aliphatic heterocycles. The molecule has 1 rings (SSSR count). The van der Waals surface area contributed by atoms with E-state index in [-0.39, 0.29) is 17.0 Å². The number of likely N-dealkylation sites (N-methyl/N-ethyl adjacent to an activating group) is 1. The van der Waals surface area contributed by atoms with Crippen molar-refractivity contribution in [2.75, 3.05) is 31.6 Å². The Morgan fingerprint density at radius 2 is 2.11 bits per heavy atom. The second kappa shape index (κ2) is 6.35. The van der Waals surface area contributed by atoms with Crippen molar-refractivity contribution in [3.63, 3.8) is 0 Å². The van der Waals surface area contributed by atoms with Crippen molar-refractivity contribution in [2.45, 2.75) is 45.1 Å². The Labute approximate surface area is 112 Å². The molecule has 2 N–H and O–H groups in total. The molecule has 0 aromatic rings. The second-order valence-corrected chi connectivity index (χ2v) is 8.26. The first kappa shape index (κ1) is 15.9. The zero-order chi connectivity index (χ0) is 13.8. The lowest BCUT2D eigenvalue weighted by Crippen LogP contribution is -2.55. The predicted octanol–water partition coefficient (Wildman–Crippen LogP) is 1.26. The van der Waals surface area contributed by atoms with Crippen LogP contribution in [0.3, 0.4) is 0 Å². The van der Waals surface area contributed by atoms with Crippen molar-refractivity contribution in [3.8, 4) is 0 Å². The highest BCUT2D eigenvalue weighted by Crippen LogP contribution is 2.35. The van der Waals surface area contributed by atoms with Gasteiger partial charge in [0.05, 0.1) is 5.75 Å². The fraction of sp³-hybridized carbons (Fsp3) is 1.00. The van der Waals surface area contributed by atoms with Gasteiger partial charge < -0.3 is 5.73 Å². The fourth-order valence-corrected chi connectivity index (χ4v) is 3.82. The van der Waals surface area contributed by atoms with Crippen LogP contribution < -0.4 is 5.73 Å². The van der Waals surface area contributed by atoms with Crippen molar-refractivity contribution in [1.82, 2.24) is 4.90 Å². The van der Waals surface area contributed by atoms with E-state index in [0.29, 0.717) is 19.0 Å². The van der Waals surface area contributed by atoms with Gasteiger partial charge in [-0.05, 0) is 25.8 Å².